The smallest absolute Gasteiger partial charge is 0.136 e. The van der Waals surface area contributed by atoms with E-state index < -0.39 is 0 Å². The van der Waals surface area contributed by atoms with Crippen molar-refractivity contribution in [2.24, 2.45) is 0 Å². The Bertz CT molecular complexity index is 2710. The number of rotatable bonds is 2. The predicted molar refractivity (Wildman–Crippen MR) is 190 cm³/mol. The first-order chi connectivity index (χ1) is 21.8. The number of thiophene rings is 1. The first-order valence-electron chi connectivity index (χ1n) is 15.0. The molecule has 1 nitrogen and oxygen atoms in total. The maximum absolute atomic E-state index is 6.41. The van der Waals surface area contributed by atoms with E-state index in [4.69, 9.17) is 4.42 Å². The van der Waals surface area contributed by atoms with Crippen LogP contribution in [-0.4, -0.2) is 0 Å². The zero-order chi connectivity index (χ0) is 28.8. The quantitative estimate of drug-likeness (QED) is 0.187. The van der Waals surface area contributed by atoms with Gasteiger partial charge in [-0.25, -0.2) is 0 Å². The summed E-state index contributed by atoms with van der Waals surface area (Å²) in [7, 11) is 0. The van der Waals surface area contributed by atoms with Crippen LogP contribution in [0.25, 0.3) is 96.7 Å². The van der Waals surface area contributed by atoms with Crippen molar-refractivity contribution < 1.29 is 4.42 Å². The SMILES string of the molecule is c1ccc(-c2c3ccccc3c(-c3ccc4c(c3)sc3cc5oc6ccc7ccccc7c6c5cc34)c3ccccc23)cc1. The molecule has 0 spiro atoms. The standard InChI is InChI=1S/C42H24OS/c1-2-11-26(12-3-1)40-30-14-6-8-16-32(30)41(33-17-9-7-15-31(33)40)27-18-20-29-34-23-35-37(24-39(34)44-38(29)22-27)43-36-21-19-25-10-4-5-13-28(25)42(35)36/h1-24H. The summed E-state index contributed by atoms with van der Waals surface area (Å²) in [5.41, 5.74) is 6.98. The summed E-state index contributed by atoms with van der Waals surface area (Å²) < 4.78 is 8.95. The molecule has 0 atom stereocenters. The minimum absolute atomic E-state index is 0.945. The molecule has 10 rings (SSSR count). The van der Waals surface area contributed by atoms with E-state index in [-0.39, 0.29) is 0 Å². The maximum atomic E-state index is 6.41. The number of hydrogen-bond donors (Lipinski definition) is 0. The van der Waals surface area contributed by atoms with Gasteiger partial charge in [0, 0.05) is 30.9 Å². The first kappa shape index (κ1) is 24.0. The van der Waals surface area contributed by atoms with E-state index in [9.17, 15) is 0 Å². The highest BCUT2D eigenvalue weighted by atomic mass is 32.1. The molecule has 2 heteroatoms. The van der Waals surface area contributed by atoms with Crippen molar-refractivity contribution in [1.29, 1.82) is 0 Å². The third-order valence-electron chi connectivity index (χ3n) is 9.24. The van der Waals surface area contributed by atoms with Gasteiger partial charge in [0.1, 0.15) is 11.2 Å². The van der Waals surface area contributed by atoms with Crippen LogP contribution in [0.15, 0.2) is 150 Å². The number of benzene rings is 8. The van der Waals surface area contributed by atoms with Gasteiger partial charge in [-0.15, -0.1) is 11.3 Å². The van der Waals surface area contributed by atoms with Crippen molar-refractivity contribution in [1.82, 2.24) is 0 Å². The summed E-state index contributed by atoms with van der Waals surface area (Å²) >= 11 is 1.85. The van der Waals surface area contributed by atoms with Crippen LogP contribution < -0.4 is 0 Å². The Morgan fingerprint density at radius 3 is 1.70 bits per heavy atom. The Balaban J connectivity index is 1.24. The summed E-state index contributed by atoms with van der Waals surface area (Å²) in [6, 6.07) is 53.0. The summed E-state index contributed by atoms with van der Waals surface area (Å²) in [6.07, 6.45) is 0. The van der Waals surface area contributed by atoms with E-state index in [0.717, 1.165) is 11.2 Å². The van der Waals surface area contributed by atoms with E-state index in [0.29, 0.717) is 0 Å². The molecule has 0 amide bonds. The molecule has 0 saturated heterocycles. The second kappa shape index (κ2) is 9.03. The lowest BCUT2D eigenvalue weighted by atomic mass is 9.86. The molecule has 10 aromatic rings. The highest BCUT2D eigenvalue weighted by Crippen LogP contribution is 2.46. The highest BCUT2D eigenvalue weighted by molar-refractivity contribution is 7.25. The van der Waals surface area contributed by atoms with Gasteiger partial charge < -0.3 is 4.42 Å². The third kappa shape index (κ3) is 3.35. The molecular weight excluding hydrogens is 553 g/mol. The van der Waals surface area contributed by atoms with Gasteiger partial charge in [0.15, 0.2) is 0 Å². The van der Waals surface area contributed by atoms with Crippen molar-refractivity contribution in [3.63, 3.8) is 0 Å². The van der Waals surface area contributed by atoms with Crippen LogP contribution in [0.3, 0.4) is 0 Å². The first-order valence-corrected chi connectivity index (χ1v) is 15.8. The van der Waals surface area contributed by atoms with Crippen LogP contribution in [0.2, 0.25) is 0 Å². The largest absolute Gasteiger partial charge is 0.456 e. The third-order valence-corrected chi connectivity index (χ3v) is 10.4. The average Bonchev–Trinajstić information content (AvgIpc) is 3.63. The van der Waals surface area contributed by atoms with Gasteiger partial charge in [0.2, 0.25) is 0 Å². The van der Waals surface area contributed by atoms with E-state index in [1.807, 2.05) is 11.3 Å². The zero-order valence-corrected chi connectivity index (χ0v) is 24.5. The van der Waals surface area contributed by atoms with Crippen molar-refractivity contribution in [2.45, 2.75) is 0 Å². The van der Waals surface area contributed by atoms with Crippen LogP contribution in [0.1, 0.15) is 0 Å². The van der Waals surface area contributed by atoms with Crippen molar-refractivity contribution in [2.75, 3.05) is 0 Å². The summed E-state index contributed by atoms with van der Waals surface area (Å²) in [5, 5.41) is 12.6. The minimum atomic E-state index is 0.945. The molecule has 0 saturated carbocycles. The monoisotopic (exact) mass is 576 g/mol. The molecule has 0 aliphatic rings. The van der Waals surface area contributed by atoms with Gasteiger partial charge in [-0.1, -0.05) is 121 Å². The Morgan fingerprint density at radius 1 is 0.364 bits per heavy atom. The molecule has 0 N–H and O–H groups in total. The van der Waals surface area contributed by atoms with Crippen LogP contribution >= 0.6 is 11.3 Å². The van der Waals surface area contributed by atoms with E-state index in [1.54, 1.807) is 0 Å². The highest BCUT2D eigenvalue weighted by Gasteiger charge is 2.18. The van der Waals surface area contributed by atoms with Crippen LogP contribution in [-0.2, 0) is 0 Å². The number of furan rings is 1. The van der Waals surface area contributed by atoms with Crippen molar-refractivity contribution in [3.05, 3.63) is 146 Å². The predicted octanol–water partition coefficient (Wildman–Crippen LogP) is 12.7. The zero-order valence-electron chi connectivity index (χ0n) is 23.7. The molecule has 0 aliphatic carbocycles. The van der Waals surface area contributed by atoms with Gasteiger partial charge in [-0.2, -0.15) is 0 Å². The fourth-order valence-corrected chi connectivity index (χ4v) is 8.48. The van der Waals surface area contributed by atoms with Crippen LogP contribution in [0, 0.1) is 0 Å². The van der Waals surface area contributed by atoms with Crippen LogP contribution in [0.4, 0.5) is 0 Å². The fraction of sp³-hybridized carbons (Fsp3) is 0. The maximum Gasteiger partial charge on any atom is 0.136 e. The Labute approximate surface area is 257 Å². The second-order valence-corrected chi connectivity index (χ2v) is 12.7. The van der Waals surface area contributed by atoms with Gasteiger partial charge in [-0.05, 0) is 78.8 Å². The number of hydrogen-bond acceptors (Lipinski definition) is 2. The van der Waals surface area contributed by atoms with E-state index >= 15 is 0 Å². The molecule has 0 unspecified atom stereocenters. The van der Waals surface area contributed by atoms with E-state index in [2.05, 4.69) is 146 Å². The Morgan fingerprint density at radius 2 is 0.977 bits per heavy atom. The average molecular weight is 577 g/mol. The molecule has 204 valence electrons. The summed E-state index contributed by atoms with van der Waals surface area (Å²) in [4.78, 5) is 0. The second-order valence-electron chi connectivity index (χ2n) is 11.6. The molecule has 44 heavy (non-hydrogen) atoms. The topological polar surface area (TPSA) is 13.1 Å². The molecule has 8 aromatic carbocycles. The lowest BCUT2D eigenvalue weighted by Crippen LogP contribution is -1.90. The Kier molecular flexibility index (Phi) is 4.94. The van der Waals surface area contributed by atoms with Gasteiger partial charge in [0.05, 0.1) is 0 Å². The summed E-state index contributed by atoms with van der Waals surface area (Å²) in [5.74, 6) is 0. The molecule has 0 radical (unpaired) electrons. The molecule has 2 heterocycles. The lowest BCUT2D eigenvalue weighted by molar-refractivity contribution is 0.670. The van der Waals surface area contributed by atoms with Gasteiger partial charge >= 0.3 is 0 Å². The van der Waals surface area contributed by atoms with E-state index in [1.165, 1.54) is 85.5 Å². The lowest BCUT2D eigenvalue weighted by Gasteiger charge is -2.17. The van der Waals surface area contributed by atoms with Crippen molar-refractivity contribution >= 4 is 85.8 Å². The van der Waals surface area contributed by atoms with Gasteiger partial charge in [0.25, 0.3) is 0 Å². The van der Waals surface area contributed by atoms with Crippen molar-refractivity contribution in [3.8, 4) is 22.3 Å². The normalized spacial score (nSPS) is 12.1. The fourth-order valence-electron chi connectivity index (χ4n) is 7.33. The molecule has 0 fully saturated rings. The molecule has 2 aromatic heterocycles. The Hall–Kier alpha value is -5.44. The summed E-state index contributed by atoms with van der Waals surface area (Å²) in [6.45, 7) is 0. The molecule has 0 bridgehead atoms. The molecule has 0 aliphatic heterocycles. The van der Waals surface area contributed by atoms with Crippen LogP contribution in [0.5, 0.6) is 0 Å². The number of fused-ring (bicyclic) bond motifs is 10. The minimum Gasteiger partial charge on any atom is -0.456 e. The molecular formula is C42H24OS. The van der Waals surface area contributed by atoms with Gasteiger partial charge in [-0.3, -0.25) is 0 Å².